The maximum Gasteiger partial charge on any atom is 0.302 e. The van der Waals surface area contributed by atoms with Gasteiger partial charge in [-0.1, -0.05) is 0 Å². The molecule has 0 bridgehead atoms. The molecule has 0 aromatic heterocycles. The minimum absolute atomic E-state index is 0.0168. The van der Waals surface area contributed by atoms with Crippen LogP contribution in [0.5, 0.6) is 17.2 Å². The van der Waals surface area contributed by atoms with Gasteiger partial charge in [-0.05, 0) is 78.0 Å². The number of carbonyl (C=O) groups excluding carboxylic acids is 4. The smallest absolute Gasteiger partial charge is 0.302 e. The largest absolute Gasteiger partial charge is 0.507 e. The highest BCUT2D eigenvalue weighted by Gasteiger charge is 2.51. The van der Waals surface area contributed by atoms with Crippen LogP contribution < -0.4 is 4.74 Å². The van der Waals surface area contributed by atoms with Crippen molar-refractivity contribution in [2.24, 2.45) is 5.92 Å². The third-order valence-corrected chi connectivity index (χ3v) is 15.8. The molecule has 5 fully saturated rings. The van der Waals surface area contributed by atoms with Gasteiger partial charge in [0, 0.05) is 64.5 Å². The molecule has 5 heterocycles. The highest BCUT2D eigenvalue weighted by molar-refractivity contribution is 6.38. The number of phenols is 2. The molecule has 2 aromatic carbocycles. The Balaban J connectivity index is 1.02. The Morgan fingerprint density at radius 1 is 0.662 bits per heavy atom. The van der Waals surface area contributed by atoms with E-state index < -0.39 is 175 Å². The number of rotatable bonds is 15. The van der Waals surface area contributed by atoms with Crippen LogP contribution in [0.15, 0.2) is 12.1 Å². The van der Waals surface area contributed by atoms with E-state index in [2.05, 4.69) is 0 Å². The molecule has 0 amide bonds. The van der Waals surface area contributed by atoms with Crippen LogP contribution in [0.2, 0.25) is 0 Å². The zero-order chi connectivity index (χ0) is 56.3. The van der Waals surface area contributed by atoms with Crippen molar-refractivity contribution in [1.82, 2.24) is 0 Å². The average Bonchev–Trinajstić information content (AvgIpc) is 3.34. The van der Waals surface area contributed by atoms with Crippen LogP contribution in [0.4, 0.5) is 0 Å². The van der Waals surface area contributed by atoms with Gasteiger partial charge in [0.2, 0.25) is 12.1 Å². The Labute approximate surface area is 444 Å². The lowest BCUT2D eigenvalue weighted by atomic mass is 9.75. The highest BCUT2D eigenvalue weighted by Crippen LogP contribution is 2.47. The van der Waals surface area contributed by atoms with E-state index in [4.69, 9.17) is 56.8 Å². The Morgan fingerprint density at radius 3 is 1.64 bits per heavy atom. The summed E-state index contributed by atoms with van der Waals surface area (Å²) in [5, 5.41) is 89.3. The van der Waals surface area contributed by atoms with E-state index in [-0.39, 0.29) is 71.7 Å². The van der Waals surface area contributed by atoms with Gasteiger partial charge in [-0.15, -0.1) is 0 Å². The summed E-state index contributed by atoms with van der Waals surface area (Å²) in [6.45, 7) is 13.2. The zero-order valence-corrected chi connectivity index (χ0v) is 44.7. The van der Waals surface area contributed by atoms with E-state index in [1.54, 1.807) is 34.6 Å². The summed E-state index contributed by atoms with van der Waals surface area (Å²) in [4.78, 5) is 52.9. The fourth-order valence-electron chi connectivity index (χ4n) is 11.4. The fraction of sp³-hybridized carbons (Fsp3) is 0.736. The number of aliphatic hydroxyl groups is 6. The van der Waals surface area contributed by atoms with Crippen molar-refractivity contribution in [3.63, 3.8) is 0 Å². The van der Waals surface area contributed by atoms with Gasteiger partial charge in [0.25, 0.3) is 0 Å². The molecule has 5 saturated heterocycles. The molecule has 1 aliphatic carbocycles. The molecular formula is C53H74O24. The van der Waals surface area contributed by atoms with Crippen molar-refractivity contribution in [2.45, 2.75) is 236 Å². The van der Waals surface area contributed by atoms with Crippen LogP contribution in [0.3, 0.4) is 0 Å². The molecule has 8 N–H and O–H groups in total. The van der Waals surface area contributed by atoms with Gasteiger partial charge in [-0.3, -0.25) is 19.2 Å². The van der Waals surface area contributed by atoms with Crippen molar-refractivity contribution in [2.75, 3.05) is 7.11 Å². The molecule has 24 nitrogen and oxygen atoms in total. The second-order valence-corrected chi connectivity index (χ2v) is 21.6. The molecule has 5 aliphatic heterocycles. The van der Waals surface area contributed by atoms with Crippen LogP contribution in [0.25, 0.3) is 10.8 Å². The first-order valence-corrected chi connectivity index (χ1v) is 26.2. The van der Waals surface area contributed by atoms with Crippen LogP contribution >= 0.6 is 0 Å². The van der Waals surface area contributed by atoms with E-state index in [0.717, 1.165) is 6.92 Å². The summed E-state index contributed by atoms with van der Waals surface area (Å²) in [5.74, 6) is -5.42. The van der Waals surface area contributed by atoms with E-state index >= 15 is 0 Å². The van der Waals surface area contributed by atoms with E-state index in [1.807, 2.05) is 0 Å². The molecule has 77 heavy (non-hydrogen) atoms. The van der Waals surface area contributed by atoms with Crippen LogP contribution in [0.1, 0.15) is 109 Å². The van der Waals surface area contributed by atoms with E-state index in [0.29, 0.717) is 0 Å². The normalized spacial score (nSPS) is 41.1. The summed E-state index contributed by atoms with van der Waals surface area (Å²) in [7, 11) is 1.20. The molecule has 430 valence electrons. The van der Waals surface area contributed by atoms with Crippen molar-refractivity contribution < 1.29 is 117 Å². The van der Waals surface area contributed by atoms with Gasteiger partial charge < -0.3 is 97.7 Å². The van der Waals surface area contributed by atoms with Crippen LogP contribution in [-0.2, 0) is 72.9 Å². The molecule has 6 aliphatic rings. The SMILES string of the molecule is CO[C@H](C(=O)C(C)=O)[C@@H]1Cc2cc3cc(O[C@H]4CC(O[C@H]5C[C@@H](OC(C)=O)[C@H](O)C(C)O5)[C@H](O)C(C)O4)c(C)c(O)c3c(O)c2C(=O)[C@H]1O[C@H]1C[C@@H](O[C@H]2C[C@@H](O[C@H]3C[C@](C)(O)[C@H](O)C(C)O3)[C@@H](O)C(C)O2)[C@H](O)C(C)O1. The fourth-order valence-corrected chi connectivity index (χ4v) is 11.4. The average molecular weight is 1100 g/mol. The topological polar surface area (TPSA) is 341 Å². The predicted octanol–water partition coefficient (Wildman–Crippen LogP) is 1.17. The molecule has 8 rings (SSSR count). The Morgan fingerprint density at radius 2 is 1.13 bits per heavy atom. The lowest BCUT2D eigenvalue weighted by Gasteiger charge is -2.46. The molecule has 24 heteroatoms. The predicted molar refractivity (Wildman–Crippen MR) is 261 cm³/mol. The Kier molecular flexibility index (Phi) is 18.1. The third-order valence-electron chi connectivity index (χ3n) is 15.8. The first-order chi connectivity index (χ1) is 36.2. The summed E-state index contributed by atoms with van der Waals surface area (Å²) in [5.41, 5.74) is -1.43. The Bertz CT molecular complexity index is 2480. The number of hydrogen-bond acceptors (Lipinski definition) is 24. The van der Waals surface area contributed by atoms with Gasteiger partial charge in [-0.25, -0.2) is 0 Å². The van der Waals surface area contributed by atoms with E-state index in [9.17, 15) is 60.0 Å². The summed E-state index contributed by atoms with van der Waals surface area (Å²) < 4.78 is 72.0. The summed E-state index contributed by atoms with van der Waals surface area (Å²) >= 11 is 0. The number of carbonyl (C=O) groups is 4. The molecule has 23 atom stereocenters. The number of methoxy groups -OCH3 is 1. The number of benzene rings is 2. The van der Waals surface area contributed by atoms with Crippen molar-refractivity contribution >= 4 is 34.1 Å². The molecule has 0 saturated carbocycles. The number of hydrogen-bond donors (Lipinski definition) is 8. The van der Waals surface area contributed by atoms with Gasteiger partial charge in [0.15, 0.2) is 36.7 Å². The second kappa shape index (κ2) is 23.6. The number of esters is 1. The monoisotopic (exact) mass is 1090 g/mol. The van der Waals surface area contributed by atoms with Crippen LogP contribution in [-0.4, -0.2) is 206 Å². The number of ether oxygens (including phenoxy) is 12. The Hall–Kier alpha value is -4.06. The number of aliphatic hydroxyl groups excluding tert-OH is 5. The van der Waals surface area contributed by atoms with E-state index in [1.165, 1.54) is 40.0 Å². The molecule has 6 unspecified atom stereocenters. The minimum atomic E-state index is -1.62. The standard InChI is InChI=1S/C53H74O24/c1-19-30(73-35-15-32(45(59)22(4)67-35)74-36-14-31(72-26(8)55)44(58)21(3)68-36)13-28-11-27-12-29(50(66-10)43(57)20(2)54)51(49(63)41(27)48(62)40(28)42(19)56)77-38-17-33(46(60)24(6)70-38)75-37-16-34(47(61)23(5)69-37)76-39-18-53(9,65)52(64)25(7)71-39/h11,13,21-25,29,31-39,44-47,50-52,56,58-62,64-65H,12,14-18H2,1-10H3/t21?,22?,23?,24?,25?,29-,31+,32?,33+,34+,35-,36-,37-,38-,39-,44+,45+,46+,47-,50-,51-,52+,53-/m0/s1. The van der Waals surface area contributed by atoms with Gasteiger partial charge in [-0.2, -0.15) is 0 Å². The van der Waals surface area contributed by atoms with Crippen molar-refractivity contribution in [3.05, 3.63) is 28.8 Å². The van der Waals surface area contributed by atoms with Gasteiger partial charge in [0.05, 0.1) is 65.4 Å². The second-order valence-electron chi connectivity index (χ2n) is 21.6. The number of ketones is 3. The first-order valence-electron chi connectivity index (χ1n) is 26.2. The number of aromatic hydroxyl groups is 2. The number of fused-ring (bicyclic) bond motifs is 2. The third kappa shape index (κ3) is 12.3. The lowest BCUT2D eigenvalue weighted by Crippen LogP contribution is -2.58. The highest BCUT2D eigenvalue weighted by atomic mass is 16.7. The summed E-state index contributed by atoms with van der Waals surface area (Å²) in [6, 6.07) is 3.05. The number of phenolic OH excluding ortho intramolecular Hbond substituents is 2. The minimum Gasteiger partial charge on any atom is -0.507 e. The van der Waals surface area contributed by atoms with Gasteiger partial charge >= 0.3 is 5.97 Å². The molecule has 0 spiro atoms. The van der Waals surface area contributed by atoms with Crippen LogP contribution in [0, 0.1) is 12.8 Å². The first kappa shape index (κ1) is 59.1. The maximum absolute atomic E-state index is 15.0. The lowest BCUT2D eigenvalue weighted by molar-refractivity contribution is -0.334. The molecular weight excluding hydrogens is 1020 g/mol. The quantitative estimate of drug-likeness (QED) is 0.0916. The molecule has 2 aromatic rings. The molecule has 0 radical (unpaired) electrons. The summed E-state index contributed by atoms with van der Waals surface area (Å²) in [6.07, 6.45) is -23.1. The van der Waals surface area contributed by atoms with Crippen molar-refractivity contribution in [1.29, 1.82) is 0 Å². The van der Waals surface area contributed by atoms with Gasteiger partial charge in [0.1, 0.15) is 66.1 Å². The number of Topliss-reactive ketones (excluding diaryl/α,β-unsaturated/α-hetero) is 3. The maximum atomic E-state index is 15.0. The zero-order valence-electron chi connectivity index (χ0n) is 44.7. The van der Waals surface area contributed by atoms with Crippen molar-refractivity contribution in [3.8, 4) is 17.2 Å².